The number of hydrogen-bond donors (Lipinski definition) is 1. The second-order valence-corrected chi connectivity index (χ2v) is 5.63. The third-order valence-electron chi connectivity index (χ3n) is 2.77. The molecule has 1 heterocycles. The molecule has 6 heteroatoms. The number of ether oxygens (including phenoxy) is 1. The van der Waals surface area contributed by atoms with Crippen molar-refractivity contribution in [3.63, 3.8) is 0 Å². The maximum absolute atomic E-state index is 10.4. The van der Waals surface area contributed by atoms with Crippen LogP contribution < -0.4 is 0 Å². The number of aliphatic carboxylic acids is 1. The Labute approximate surface area is 113 Å². The van der Waals surface area contributed by atoms with Gasteiger partial charge in [0.1, 0.15) is 6.10 Å². The second kappa shape index (κ2) is 6.65. The van der Waals surface area contributed by atoms with Gasteiger partial charge in [-0.1, -0.05) is 25.9 Å². The highest BCUT2D eigenvalue weighted by molar-refractivity contribution is 5.66. The van der Waals surface area contributed by atoms with E-state index in [-0.39, 0.29) is 17.9 Å². The molecule has 0 amide bonds. The second-order valence-electron chi connectivity index (χ2n) is 5.63. The van der Waals surface area contributed by atoms with Crippen LogP contribution in [0.15, 0.2) is 4.52 Å². The highest BCUT2D eigenvalue weighted by Gasteiger charge is 2.30. The summed E-state index contributed by atoms with van der Waals surface area (Å²) in [6.07, 6.45) is 1.88. The predicted molar refractivity (Wildman–Crippen MR) is 68.7 cm³/mol. The Morgan fingerprint density at radius 3 is 2.63 bits per heavy atom. The number of unbranched alkanes of at least 4 members (excludes halogenated alkanes) is 1. The number of aryl methyl sites for hydroxylation is 1. The highest BCUT2D eigenvalue weighted by Crippen LogP contribution is 2.33. The van der Waals surface area contributed by atoms with E-state index in [0.29, 0.717) is 24.6 Å². The fraction of sp³-hybridized carbons (Fsp3) is 0.769. The SMILES string of the molecule is COC(c1noc(CCCCC(=O)O)n1)C(C)(C)C. The molecule has 108 valence electrons. The van der Waals surface area contributed by atoms with Crippen molar-refractivity contribution in [1.29, 1.82) is 0 Å². The molecule has 0 aromatic carbocycles. The Morgan fingerprint density at radius 1 is 1.42 bits per heavy atom. The van der Waals surface area contributed by atoms with Crippen LogP contribution >= 0.6 is 0 Å². The fourth-order valence-electron chi connectivity index (χ4n) is 1.87. The molecule has 6 nitrogen and oxygen atoms in total. The van der Waals surface area contributed by atoms with Gasteiger partial charge in [-0.15, -0.1) is 0 Å². The first-order chi connectivity index (χ1) is 8.84. The van der Waals surface area contributed by atoms with Crippen molar-refractivity contribution in [2.75, 3.05) is 7.11 Å². The minimum absolute atomic E-state index is 0.112. The van der Waals surface area contributed by atoms with Gasteiger partial charge in [0.05, 0.1) is 0 Å². The lowest BCUT2D eigenvalue weighted by molar-refractivity contribution is -0.137. The molecule has 1 aromatic rings. The molecule has 0 saturated heterocycles. The van der Waals surface area contributed by atoms with Gasteiger partial charge < -0.3 is 14.4 Å². The molecule has 0 aliphatic rings. The van der Waals surface area contributed by atoms with E-state index in [4.69, 9.17) is 14.4 Å². The van der Waals surface area contributed by atoms with E-state index < -0.39 is 5.97 Å². The van der Waals surface area contributed by atoms with E-state index in [1.54, 1.807) is 7.11 Å². The van der Waals surface area contributed by atoms with Gasteiger partial charge in [0.25, 0.3) is 0 Å². The van der Waals surface area contributed by atoms with E-state index in [1.165, 1.54) is 0 Å². The van der Waals surface area contributed by atoms with Crippen LogP contribution in [0, 0.1) is 5.41 Å². The maximum Gasteiger partial charge on any atom is 0.303 e. The lowest BCUT2D eigenvalue weighted by atomic mass is 9.88. The molecule has 1 atom stereocenters. The van der Waals surface area contributed by atoms with Gasteiger partial charge >= 0.3 is 5.97 Å². The summed E-state index contributed by atoms with van der Waals surface area (Å²) >= 11 is 0. The van der Waals surface area contributed by atoms with Crippen molar-refractivity contribution in [2.45, 2.75) is 52.6 Å². The number of carboxylic acid groups (broad SMARTS) is 1. The Balaban J connectivity index is 2.54. The minimum atomic E-state index is -0.779. The zero-order chi connectivity index (χ0) is 14.5. The third kappa shape index (κ3) is 4.98. The molecule has 0 aliphatic heterocycles. The molecule has 19 heavy (non-hydrogen) atoms. The van der Waals surface area contributed by atoms with Gasteiger partial charge in [0.2, 0.25) is 11.7 Å². The fourth-order valence-corrected chi connectivity index (χ4v) is 1.87. The van der Waals surface area contributed by atoms with E-state index in [1.807, 2.05) is 20.8 Å². The molecule has 0 bridgehead atoms. The monoisotopic (exact) mass is 270 g/mol. The molecule has 1 aromatic heterocycles. The van der Waals surface area contributed by atoms with E-state index >= 15 is 0 Å². The van der Waals surface area contributed by atoms with E-state index in [0.717, 1.165) is 6.42 Å². The first-order valence-corrected chi connectivity index (χ1v) is 6.41. The minimum Gasteiger partial charge on any atom is -0.481 e. The summed E-state index contributed by atoms with van der Waals surface area (Å²) in [5, 5.41) is 12.5. The number of aromatic nitrogens is 2. The maximum atomic E-state index is 10.4. The average molecular weight is 270 g/mol. The van der Waals surface area contributed by atoms with Crippen LogP contribution in [0.5, 0.6) is 0 Å². The number of nitrogens with zero attached hydrogens (tertiary/aromatic N) is 2. The summed E-state index contributed by atoms with van der Waals surface area (Å²) < 4.78 is 10.6. The van der Waals surface area contributed by atoms with Crippen LogP contribution in [0.25, 0.3) is 0 Å². The number of carboxylic acids is 1. The topological polar surface area (TPSA) is 85.5 Å². The zero-order valence-corrected chi connectivity index (χ0v) is 12.0. The summed E-state index contributed by atoms with van der Waals surface area (Å²) in [5.41, 5.74) is -0.112. The molecule has 1 rings (SSSR count). The van der Waals surface area contributed by atoms with Crippen molar-refractivity contribution in [2.24, 2.45) is 5.41 Å². The molecule has 0 radical (unpaired) electrons. The first-order valence-electron chi connectivity index (χ1n) is 6.41. The van der Waals surface area contributed by atoms with Crippen molar-refractivity contribution in [3.8, 4) is 0 Å². The third-order valence-corrected chi connectivity index (χ3v) is 2.77. The standard InChI is InChI=1S/C13H22N2O4/c1-13(2,3)11(18-4)12-14-9(19-15-12)7-5-6-8-10(16)17/h11H,5-8H2,1-4H3,(H,16,17). The normalized spacial score (nSPS) is 13.5. The lowest BCUT2D eigenvalue weighted by Gasteiger charge is -2.26. The van der Waals surface area contributed by atoms with Crippen LogP contribution in [0.3, 0.4) is 0 Å². The van der Waals surface area contributed by atoms with Gasteiger partial charge in [0.15, 0.2) is 0 Å². The van der Waals surface area contributed by atoms with Crippen LogP contribution in [0.4, 0.5) is 0 Å². The van der Waals surface area contributed by atoms with E-state index in [9.17, 15) is 4.79 Å². The molecule has 1 N–H and O–H groups in total. The van der Waals surface area contributed by atoms with Crippen molar-refractivity contribution in [3.05, 3.63) is 11.7 Å². The molecule has 0 fully saturated rings. The number of hydrogen-bond acceptors (Lipinski definition) is 5. The van der Waals surface area contributed by atoms with Crippen LogP contribution in [0.2, 0.25) is 0 Å². The Hall–Kier alpha value is -1.43. The predicted octanol–water partition coefficient (Wildman–Crippen LogP) is 2.60. The lowest BCUT2D eigenvalue weighted by Crippen LogP contribution is -2.21. The Kier molecular flexibility index (Phi) is 5.47. The first kappa shape index (κ1) is 15.6. The largest absolute Gasteiger partial charge is 0.481 e. The highest BCUT2D eigenvalue weighted by atomic mass is 16.5. The van der Waals surface area contributed by atoms with Gasteiger partial charge in [0, 0.05) is 20.0 Å². The van der Waals surface area contributed by atoms with Crippen LogP contribution in [-0.4, -0.2) is 28.3 Å². The number of methoxy groups -OCH3 is 1. The quantitative estimate of drug-likeness (QED) is 0.766. The molecule has 0 spiro atoms. The Morgan fingerprint density at radius 2 is 2.11 bits per heavy atom. The molecule has 0 aliphatic carbocycles. The van der Waals surface area contributed by atoms with Crippen LogP contribution in [0.1, 0.15) is 57.9 Å². The molecule has 0 saturated carbocycles. The average Bonchev–Trinajstić information content (AvgIpc) is 2.71. The summed E-state index contributed by atoms with van der Waals surface area (Å²) in [5.74, 6) is 0.299. The summed E-state index contributed by atoms with van der Waals surface area (Å²) in [6.45, 7) is 6.14. The number of rotatable bonds is 7. The van der Waals surface area contributed by atoms with Crippen molar-refractivity contribution in [1.82, 2.24) is 10.1 Å². The van der Waals surface area contributed by atoms with Gasteiger partial charge in [-0.25, -0.2) is 0 Å². The molecular formula is C13H22N2O4. The summed E-state index contributed by atoms with van der Waals surface area (Å²) in [4.78, 5) is 14.7. The van der Waals surface area contributed by atoms with Gasteiger partial charge in [-0.05, 0) is 18.3 Å². The zero-order valence-electron chi connectivity index (χ0n) is 12.0. The molecular weight excluding hydrogens is 248 g/mol. The smallest absolute Gasteiger partial charge is 0.303 e. The Bertz CT molecular complexity index is 409. The summed E-state index contributed by atoms with van der Waals surface area (Å²) in [6, 6.07) is 0. The van der Waals surface area contributed by atoms with Gasteiger partial charge in [-0.2, -0.15) is 4.98 Å². The van der Waals surface area contributed by atoms with E-state index in [2.05, 4.69) is 10.1 Å². The van der Waals surface area contributed by atoms with Gasteiger partial charge in [-0.3, -0.25) is 4.79 Å². The van der Waals surface area contributed by atoms with Crippen LogP contribution in [-0.2, 0) is 16.0 Å². The van der Waals surface area contributed by atoms with Crippen molar-refractivity contribution < 1.29 is 19.2 Å². The number of carbonyl (C=O) groups is 1. The van der Waals surface area contributed by atoms with Crippen molar-refractivity contribution >= 4 is 5.97 Å². The summed E-state index contributed by atoms with van der Waals surface area (Å²) in [7, 11) is 1.62. The molecule has 1 unspecified atom stereocenters.